The zero-order chi connectivity index (χ0) is 16.7. The van der Waals surface area contributed by atoms with Crippen LogP contribution in [0.4, 0.5) is 11.4 Å². The van der Waals surface area contributed by atoms with Gasteiger partial charge < -0.3 is 14.9 Å². The van der Waals surface area contributed by atoms with Gasteiger partial charge in [0.25, 0.3) is 0 Å². The minimum atomic E-state index is -0.891. The van der Waals surface area contributed by atoms with Crippen LogP contribution in [0.2, 0.25) is 0 Å². The number of carboxylic acids is 1. The minimum absolute atomic E-state index is 0.0208. The third-order valence-corrected chi connectivity index (χ3v) is 3.60. The Balaban J connectivity index is 2.97. The highest BCUT2D eigenvalue weighted by Crippen LogP contribution is 2.22. The van der Waals surface area contributed by atoms with E-state index in [1.807, 2.05) is 50.2 Å². The minimum Gasteiger partial charge on any atom is -0.481 e. The second-order valence-electron chi connectivity index (χ2n) is 5.76. The number of aliphatic carboxylic acids is 1. The number of carbonyl (C=O) groups is 2. The molecule has 1 atom stereocenters. The summed E-state index contributed by atoms with van der Waals surface area (Å²) < 4.78 is 0. The van der Waals surface area contributed by atoms with Crippen LogP contribution in [0.15, 0.2) is 24.3 Å². The summed E-state index contributed by atoms with van der Waals surface area (Å²) in [6, 6.07) is 7.60. The van der Waals surface area contributed by atoms with Crippen molar-refractivity contribution in [3.63, 3.8) is 0 Å². The molecular formula is C17H26N2O3. The Morgan fingerprint density at radius 1 is 1.14 bits per heavy atom. The molecule has 0 aliphatic carbocycles. The van der Waals surface area contributed by atoms with Gasteiger partial charge in [-0.2, -0.15) is 0 Å². The van der Waals surface area contributed by atoms with E-state index in [0.29, 0.717) is 6.42 Å². The number of anilines is 2. The van der Waals surface area contributed by atoms with Crippen LogP contribution >= 0.6 is 0 Å². The number of benzene rings is 1. The lowest BCUT2D eigenvalue weighted by Gasteiger charge is -2.25. The van der Waals surface area contributed by atoms with Crippen molar-refractivity contribution >= 4 is 23.3 Å². The number of rotatable bonds is 8. The highest BCUT2D eigenvalue weighted by atomic mass is 16.4. The molecule has 1 aromatic carbocycles. The van der Waals surface area contributed by atoms with E-state index in [9.17, 15) is 9.59 Å². The first-order valence-electron chi connectivity index (χ1n) is 7.67. The molecule has 0 aliphatic heterocycles. The van der Waals surface area contributed by atoms with E-state index in [1.165, 1.54) is 0 Å². The fourth-order valence-electron chi connectivity index (χ4n) is 2.10. The standard InChI is InChI=1S/C17H26N2O3/c1-5-6-7-16(20)19(12-13(2)17(21)22)15-10-8-14(9-11-15)18(3)4/h8-11,13H,5-7,12H2,1-4H3,(H,21,22). The Morgan fingerprint density at radius 3 is 2.14 bits per heavy atom. The molecule has 0 saturated heterocycles. The van der Waals surface area contributed by atoms with E-state index >= 15 is 0 Å². The lowest BCUT2D eigenvalue weighted by atomic mass is 10.1. The van der Waals surface area contributed by atoms with Crippen LogP contribution in [0.25, 0.3) is 0 Å². The lowest BCUT2D eigenvalue weighted by molar-refractivity contribution is -0.140. The van der Waals surface area contributed by atoms with Gasteiger partial charge in [-0.1, -0.05) is 20.3 Å². The van der Waals surface area contributed by atoms with Gasteiger partial charge in [-0.05, 0) is 30.7 Å². The zero-order valence-electron chi connectivity index (χ0n) is 13.9. The summed E-state index contributed by atoms with van der Waals surface area (Å²) in [5, 5.41) is 9.11. The van der Waals surface area contributed by atoms with Crippen molar-refractivity contribution < 1.29 is 14.7 Å². The molecule has 5 nitrogen and oxygen atoms in total. The number of nitrogens with zero attached hydrogens (tertiary/aromatic N) is 2. The van der Waals surface area contributed by atoms with Crippen LogP contribution in [0.3, 0.4) is 0 Å². The SMILES string of the molecule is CCCCC(=O)N(CC(C)C(=O)O)c1ccc(N(C)C)cc1. The average Bonchev–Trinajstić information content (AvgIpc) is 2.49. The molecule has 1 unspecified atom stereocenters. The predicted molar refractivity (Wildman–Crippen MR) is 89.4 cm³/mol. The molecule has 5 heteroatoms. The second kappa shape index (κ2) is 8.41. The second-order valence-corrected chi connectivity index (χ2v) is 5.76. The summed E-state index contributed by atoms with van der Waals surface area (Å²) >= 11 is 0. The molecule has 0 radical (unpaired) electrons. The van der Waals surface area contributed by atoms with Gasteiger partial charge in [0.2, 0.25) is 5.91 Å². The molecule has 1 amide bonds. The van der Waals surface area contributed by atoms with Crippen molar-refractivity contribution in [2.24, 2.45) is 5.92 Å². The molecule has 122 valence electrons. The summed E-state index contributed by atoms with van der Waals surface area (Å²) in [4.78, 5) is 27.1. The fraction of sp³-hybridized carbons (Fsp3) is 0.529. The Kier molecular flexibility index (Phi) is 6.89. The largest absolute Gasteiger partial charge is 0.481 e. The van der Waals surface area contributed by atoms with E-state index in [0.717, 1.165) is 24.2 Å². The molecule has 1 aromatic rings. The quantitative estimate of drug-likeness (QED) is 0.802. The van der Waals surface area contributed by atoms with Crippen molar-refractivity contribution in [1.29, 1.82) is 0 Å². The fourth-order valence-corrected chi connectivity index (χ4v) is 2.10. The van der Waals surface area contributed by atoms with E-state index in [4.69, 9.17) is 5.11 Å². The number of unbranched alkanes of at least 4 members (excludes halogenated alkanes) is 1. The molecule has 1 rings (SSSR count). The average molecular weight is 306 g/mol. The van der Waals surface area contributed by atoms with Crippen molar-refractivity contribution in [2.75, 3.05) is 30.4 Å². The van der Waals surface area contributed by atoms with Crippen LogP contribution in [0.5, 0.6) is 0 Å². The van der Waals surface area contributed by atoms with Crippen LogP contribution < -0.4 is 9.80 Å². The zero-order valence-corrected chi connectivity index (χ0v) is 13.9. The number of amides is 1. The van der Waals surface area contributed by atoms with E-state index in [1.54, 1.807) is 11.8 Å². The van der Waals surface area contributed by atoms with Gasteiger partial charge in [-0.25, -0.2) is 0 Å². The van der Waals surface area contributed by atoms with Gasteiger partial charge in [0, 0.05) is 38.4 Å². The van der Waals surface area contributed by atoms with Crippen molar-refractivity contribution in [2.45, 2.75) is 33.1 Å². The normalized spacial score (nSPS) is 11.8. The maximum absolute atomic E-state index is 12.4. The highest BCUT2D eigenvalue weighted by molar-refractivity contribution is 5.94. The summed E-state index contributed by atoms with van der Waals surface area (Å²) in [5.41, 5.74) is 1.79. The highest BCUT2D eigenvalue weighted by Gasteiger charge is 2.21. The third kappa shape index (κ3) is 5.06. The van der Waals surface area contributed by atoms with Gasteiger partial charge in [-0.3, -0.25) is 9.59 Å². The molecule has 0 aromatic heterocycles. The van der Waals surface area contributed by atoms with Crippen LogP contribution in [-0.2, 0) is 9.59 Å². The van der Waals surface area contributed by atoms with E-state index in [2.05, 4.69) is 0 Å². The summed E-state index contributed by atoms with van der Waals surface area (Å²) in [6.45, 7) is 3.85. The Hall–Kier alpha value is -2.04. The van der Waals surface area contributed by atoms with Crippen LogP contribution in [0, 0.1) is 5.92 Å². The number of hydrogen-bond donors (Lipinski definition) is 1. The number of carbonyl (C=O) groups excluding carboxylic acids is 1. The number of hydrogen-bond acceptors (Lipinski definition) is 3. The molecular weight excluding hydrogens is 280 g/mol. The van der Waals surface area contributed by atoms with E-state index in [-0.39, 0.29) is 12.5 Å². The van der Waals surface area contributed by atoms with Gasteiger partial charge in [-0.15, -0.1) is 0 Å². The molecule has 0 spiro atoms. The monoisotopic (exact) mass is 306 g/mol. The van der Waals surface area contributed by atoms with Crippen molar-refractivity contribution in [3.05, 3.63) is 24.3 Å². The summed E-state index contributed by atoms with van der Waals surface area (Å²) in [7, 11) is 3.90. The van der Waals surface area contributed by atoms with Gasteiger partial charge in [0.1, 0.15) is 0 Å². The van der Waals surface area contributed by atoms with Crippen LogP contribution in [-0.4, -0.2) is 37.6 Å². The van der Waals surface area contributed by atoms with Crippen molar-refractivity contribution in [1.82, 2.24) is 0 Å². The third-order valence-electron chi connectivity index (χ3n) is 3.60. The lowest BCUT2D eigenvalue weighted by Crippen LogP contribution is -2.36. The van der Waals surface area contributed by atoms with Gasteiger partial charge in [0.05, 0.1) is 5.92 Å². The summed E-state index contributed by atoms with van der Waals surface area (Å²) in [6.07, 6.45) is 2.19. The predicted octanol–water partition coefficient (Wildman–Crippen LogP) is 3.00. The molecule has 22 heavy (non-hydrogen) atoms. The Labute approximate surface area is 132 Å². The maximum atomic E-state index is 12.4. The Bertz CT molecular complexity index is 497. The summed E-state index contributed by atoms with van der Waals surface area (Å²) in [5.74, 6) is -1.51. The molecule has 0 heterocycles. The first-order valence-corrected chi connectivity index (χ1v) is 7.67. The van der Waals surface area contributed by atoms with Gasteiger partial charge >= 0.3 is 5.97 Å². The van der Waals surface area contributed by atoms with Gasteiger partial charge in [0.15, 0.2) is 0 Å². The van der Waals surface area contributed by atoms with E-state index < -0.39 is 11.9 Å². The molecule has 1 N–H and O–H groups in total. The Morgan fingerprint density at radius 2 is 1.68 bits per heavy atom. The molecule has 0 bridgehead atoms. The van der Waals surface area contributed by atoms with Crippen LogP contribution in [0.1, 0.15) is 33.1 Å². The maximum Gasteiger partial charge on any atom is 0.308 e. The topological polar surface area (TPSA) is 60.9 Å². The van der Waals surface area contributed by atoms with Crippen molar-refractivity contribution in [3.8, 4) is 0 Å². The molecule has 0 fully saturated rings. The first-order chi connectivity index (χ1) is 10.4. The smallest absolute Gasteiger partial charge is 0.308 e. The number of carboxylic acid groups (broad SMARTS) is 1. The molecule has 0 saturated carbocycles. The molecule has 0 aliphatic rings. The first kappa shape index (κ1) is 18.0.